The maximum atomic E-state index is 11.9. The highest BCUT2D eigenvalue weighted by Gasteiger charge is 2.18. The minimum Gasteiger partial charge on any atom is -0.497 e. The lowest BCUT2D eigenvalue weighted by molar-refractivity contribution is 0.415. The summed E-state index contributed by atoms with van der Waals surface area (Å²) in [6.45, 7) is 0. The summed E-state index contributed by atoms with van der Waals surface area (Å²) in [6.07, 6.45) is 2.73. The van der Waals surface area contributed by atoms with E-state index < -0.39 is 0 Å². The topological polar surface area (TPSA) is 39.4 Å². The molecule has 0 fully saturated rings. The van der Waals surface area contributed by atoms with Crippen LogP contribution in [0.3, 0.4) is 0 Å². The van der Waals surface area contributed by atoms with Gasteiger partial charge in [-0.05, 0) is 37.1 Å². The molecule has 2 aromatic rings. The minimum atomic E-state index is 0.0968. The fraction of sp³-hybridized carbons (Fsp3) is 0.267. The van der Waals surface area contributed by atoms with Gasteiger partial charge >= 0.3 is 0 Å². The van der Waals surface area contributed by atoms with Crippen LogP contribution in [0.5, 0.6) is 5.75 Å². The van der Waals surface area contributed by atoms with E-state index in [4.69, 9.17) is 9.15 Å². The van der Waals surface area contributed by atoms with Crippen LogP contribution in [0, 0.1) is 0 Å². The summed E-state index contributed by atoms with van der Waals surface area (Å²) in [6, 6.07) is 9.12. The van der Waals surface area contributed by atoms with E-state index in [-0.39, 0.29) is 5.43 Å². The van der Waals surface area contributed by atoms with Crippen molar-refractivity contribution in [3.05, 3.63) is 51.9 Å². The third-order valence-corrected chi connectivity index (χ3v) is 3.33. The highest BCUT2D eigenvalue weighted by atomic mass is 16.5. The third kappa shape index (κ3) is 1.82. The largest absolute Gasteiger partial charge is 0.497 e. The van der Waals surface area contributed by atoms with Crippen molar-refractivity contribution in [1.29, 1.82) is 0 Å². The summed E-state index contributed by atoms with van der Waals surface area (Å²) in [7, 11) is 1.63. The Morgan fingerprint density at radius 3 is 2.67 bits per heavy atom. The Balaban J connectivity index is 2.06. The van der Waals surface area contributed by atoms with Gasteiger partial charge in [-0.3, -0.25) is 4.79 Å². The van der Waals surface area contributed by atoms with Crippen LogP contribution in [0.4, 0.5) is 0 Å². The minimum absolute atomic E-state index is 0.0968. The molecule has 0 spiro atoms. The highest BCUT2D eigenvalue weighted by molar-refractivity contribution is 5.58. The van der Waals surface area contributed by atoms with E-state index in [0.29, 0.717) is 5.76 Å². The molecule has 3 rings (SSSR count). The van der Waals surface area contributed by atoms with E-state index in [1.165, 1.54) is 0 Å². The molecule has 1 aromatic heterocycles. The predicted molar refractivity (Wildman–Crippen MR) is 69.0 cm³/mol. The zero-order valence-corrected chi connectivity index (χ0v) is 10.2. The first-order chi connectivity index (χ1) is 8.78. The number of ether oxygens (including phenoxy) is 1. The predicted octanol–water partition coefficient (Wildman–Crippen LogP) is 2.80. The van der Waals surface area contributed by atoms with Gasteiger partial charge in [0, 0.05) is 23.6 Å². The smallest absolute Gasteiger partial charge is 0.188 e. The van der Waals surface area contributed by atoms with Crippen LogP contribution in [0.25, 0.3) is 11.3 Å². The van der Waals surface area contributed by atoms with Crippen molar-refractivity contribution in [2.75, 3.05) is 7.11 Å². The molecule has 3 nitrogen and oxygen atoms in total. The molecular formula is C15H14O3. The van der Waals surface area contributed by atoms with E-state index in [0.717, 1.165) is 41.9 Å². The standard InChI is InChI=1S/C15H14O3/c1-17-11-7-5-10(6-8-11)15-9-13(16)12-3-2-4-14(12)18-15/h5-9H,2-4H2,1H3. The van der Waals surface area contributed by atoms with Gasteiger partial charge in [0.05, 0.1) is 7.11 Å². The lowest BCUT2D eigenvalue weighted by atomic mass is 10.1. The fourth-order valence-corrected chi connectivity index (χ4v) is 2.36. The van der Waals surface area contributed by atoms with Gasteiger partial charge < -0.3 is 9.15 Å². The van der Waals surface area contributed by atoms with Gasteiger partial charge in [0.1, 0.15) is 17.3 Å². The fourth-order valence-electron chi connectivity index (χ4n) is 2.36. The number of fused-ring (bicyclic) bond motifs is 1. The summed E-state index contributed by atoms with van der Waals surface area (Å²) in [5.41, 5.74) is 1.86. The molecule has 92 valence electrons. The van der Waals surface area contributed by atoms with Crippen molar-refractivity contribution >= 4 is 0 Å². The van der Waals surface area contributed by atoms with Crippen molar-refractivity contribution in [2.45, 2.75) is 19.3 Å². The number of hydrogen-bond acceptors (Lipinski definition) is 3. The zero-order chi connectivity index (χ0) is 12.5. The van der Waals surface area contributed by atoms with Crippen molar-refractivity contribution in [1.82, 2.24) is 0 Å². The normalized spacial score (nSPS) is 13.4. The molecule has 1 aromatic carbocycles. The van der Waals surface area contributed by atoms with Crippen molar-refractivity contribution in [3.63, 3.8) is 0 Å². The van der Waals surface area contributed by atoms with Crippen LogP contribution in [0.1, 0.15) is 17.7 Å². The lowest BCUT2D eigenvalue weighted by Gasteiger charge is -2.05. The lowest BCUT2D eigenvalue weighted by Crippen LogP contribution is -2.06. The monoisotopic (exact) mass is 242 g/mol. The molecule has 18 heavy (non-hydrogen) atoms. The molecule has 0 saturated carbocycles. The number of methoxy groups -OCH3 is 1. The molecule has 0 N–H and O–H groups in total. The Morgan fingerprint density at radius 1 is 1.17 bits per heavy atom. The Bertz CT molecular complexity index is 623. The van der Waals surface area contributed by atoms with E-state index in [9.17, 15) is 4.79 Å². The number of aryl methyl sites for hydroxylation is 1. The van der Waals surface area contributed by atoms with Crippen LogP contribution >= 0.6 is 0 Å². The Kier molecular flexibility index (Phi) is 2.67. The van der Waals surface area contributed by atoms with Crippen LogP contribution < -0.4 is 10.2 Å². The van der Waals surface area contributed by atoms with Gasteiger partial charge in [-0.2, -0.15) is 0 Å². The third-order valence-electron chi connectivity index (χ3n) is 3.33. The van der Waals surface area contributed by atoms with Crippen molar-refractivity contribution in [3.8, 4) is 17.1 Å². The molecule has 0 amide bonds. The molecule has 0 unspecified atom stereocenters. The SMILES string of the molecule is COc1ccc(-c2cc(=O)c3c(o2)CCC3)cc1. The molecule has 1 heterocycles. The van der Waals surface area contributed by atoms with Gasteiger partial charge in [0.25, 0.3) is 0 Å². The number of hydrogen-bond donors (Lipinski definition) is 0. The van der Waals surface area contributed by atoms with E-state index >= 15 is 0 Å². The van der Waals surface area contributed by atoms with Gasteiger partial charge in [-0.1, -0.05) is 0 Å². The molecule has 0 radical (unpaired) electrons. The van der Waals surface area contributed by atoms with Crippen LogP contribution in [0.15, 0.2) is 39.5 Å². The molecular weight excluding hydrogens is 228 g/mol. The molecule has 3 heteroatoms. The van der Waals surface area contributed by atoms with E-state index in [2.05, 4.69) is 0 Å². The second kappa shape index (κ2) is 4.33. The zero-order valence-electron chi connectivity index (χ0n) is 10.2. The Labute approximate surface area is 105 Å². The second-order valence-electron chi connectivity index (χ2n) is 4.46. The molecule has 1 aliphatic rings. The van der Waals surface area contributed by atoms with E-state index in [1.807, 2.05) is 24.3 Å². The first kappa shape index (κ1) is 11.1. The van der Waals surface area contributed by atoms with Crippen LogP contribution in [-0.2, 0) is 12.8 Å². The molecule has 0 atom stereocenters. The highest BCUT2D eigenvalue weighted by Crippen LogP contribution is 2.26. The van der Waals surface area contributed by atoms with Gasteiger partial charge in [-0.15, -0.1) is 0 Å². The maximum absolute atomic E-state index is 11.9. The van der Waals surface area contributed by atoms with Gasteiger partial charge in [-0.25, -0.2) is 0 Å². The van der Waals surface area contributed by atoms with Crippen LogP contribution in [-0.4, -0.2) is 7.11 Å². The number of rotatable bonds is 2. The Morgan fingerprint density at radius 2 is 1.94 bits per heavy atom. The average Bonchev–Trinajstić information content (AvgIpc) is 2.88. The Hall–Kier alpha value is -2.03. The van der Waals surface area contributed by atoms with Crippen molar-refractivity contribution < 1.29 is 9.15 Å². The summed E-state index contributed by atoms with van der Waals surface area (Å²) in [5, 5.41) is 0. The quantitative estimate of drug-likeness (QED) is 0.813. The molecule has 0 saturated heterocycles. The number of benzene rings is 1. The second-order valence-corrected chi connectivity index (χ2v) is 4.46. The first-order valence-corrected chi connectivity index (χ1v) is 6.08. The molecule has 1 aliphatic carbocycles. The summed E-state index contributed by atoms with van der Waals surface area (Å²) < 4.78 is 10.9. The first-order valence-electron chi connectivity index (χ1n) is 6.08. The van der Waals surface area contributed by atoms with Gasteiger partial charge in [0.15, 0.2) is 5.43 Å². The summed E-state index contributed by atoms with van der Waals surface area (Å²) in [4.78, 5) is 11.9. The van der Waals surface area contributed by atoms with Crippen molar-refractivity contribution in [2.24, 2.45) is 0 Å². The average molecular weight is 242 g/mol. The van der Waals surface area contributed by atoms with Crippen LogP contribution in [0.2, 0.25) is 0 Å². The van der Waals surface area contributed by atoms with E-state index in [1.54, 1.807) is 13.2 Å². The summed E-state index contributed by atoms with van der Waals surface area (Å²) in [5.74, 6) is 2.29. The molecule has 0 bridgehead atoms. The van der Waals surface area contributed by atoms with Gasteiger partial charge in [0.2, 0.25) is 0 Å². The summed E-state index contributed by atoms with van der Waals surface area (Å²) >= 11 is 0. The molecule has 0 aliphatic heterocycles. The maximum Gasteiger partial charge on any atom is 0.188 e.